The van der Waals surface area contributed by atoms with Crippen LogP contribution < -0.4 is 0 Å². The van der Waals surface area contributed by atoms with Gasteiger partial charge < -0.3 is 4.42 Å². The van der Waals surface area contributed by atoms with Crippen LogP contribution in [0, 0.1) is 13.8 Å². The van der Waals surface area contributed by atoms with Gasteiger partial charge in [0.05, 0.1) is 11.0 Å². The Labute approximate surface area is 108 Å². The van der Waals surface area contributed by atoms with Gasteiger partial charge in [-0.15, -0.1) is 0 Å². The molecule has 0 spiro atoms. The van der Waals surface area contributed by atoms with E-state index in [1.54, 1.807) is 0 Å². The molecule has 18 heavy (non-hydrogen) atoms. The molecule has 2 aromatic rings. The topological polar surface area (TPSA) is 30.2 Å². The minimum Gasteiger partial charge on any atom is -0.466 e. The fourth-order valence-corrected chi connectivity index (χ4v) is 2.18. The maximum absolute atomic E-state index is 12.6. The smallest absolute Gasteiger partial charge is 0.176 e. The molecule has 2 heteroatoms. The second-order valence-electron chi connectivity index (χ2n) is 5.15. The van der Waals surface area contributed by atoms with Gasteiger partial charge in [-0.25, -0.2) is 0 Å². The molecule has 1 aromatic carbocycles. The molecule has 0 aliphatic heterocycles. The fraction of sp³-hybridized carbons (Fsp3) is 0.312. The molecule has 0 unspecified atom stereocenters. The highest BCUT2D eigenvalue weighted by atomic mass is 16.3. The van der Waals surface area contributed by atoms with Crippen LogP contribution in [0.4, 0.5) is 0 Å². The molecule has 0 radical (unpaired) electrons. The molecule has 0 N–H and O–H groups in total. The Hall–Kier alpha value is -1.83. The van der Waals surface area contributed by atoms with Gasteiger partial charge in [0.15, 0.2) is 5.78 Å². The van der Waals surface area contributed by atoms with E-state index in [-0.39, 0.29) is 5.78 Å². The SMILES string of the molecule is Cc1cc(C(=O)C(C)(C)c2ccccc2)c(C)o1. The summed E-state index contributed by atoms with van der Waals surface area (Å²) < 4.78 is 5.45. The summed E-state index contributed by atoms with van der Waals surface area (Å²) in [5, 5.41) is 0. The van der Waals surface area contributed by atoms with Crippen LogP contribution >= 0.6 is 0 Å². The Kier molecular flexibility index (Phi) is 3.12. The van der Waals surface area contributed by atoms with Crippen LogP contribution in [0.3, 0.4) is 0 Å². The van der Waals surface area contributed by atoms with E-state index in [1.807, 2.05) is 64.1 Å². The normalized spacial score (nSPS) is 11.6. The molecule has 0 atom stereocenters. The molecule has 0 bridgehead atoms. The number of benzene rings is 1. The number of Topliss-reactive ketones (excluding diaryl/α,β-unsaturated/α-hetero) is 1. The van der Waals surface area contributed by atoms with E-state index in [0.29, 0.717) is 11.3 Å². The van der Waals surface area contributed by atoms with Crippen LogP contribution in [0.15, 0.2) is 40.8 Å². The van der Waals surface area contributed by atoms with Crippen LogP contribution in [0.25, 0.3) is 0 Å². The van der Waals surface area contributed by atoms with Crippen molar-refractivity contribution in [1.29, 1.82) is 0 Å². The quantitative estimate of drug-likeness (QED) is 0.760. The number of rotatable bonds is 3. The molecular formula is C16H18O2. The molecule has 2 nitrogen and oxygen atoms in total. The highest BCUT2D eigenvalue weighted by Crippen LogP contribution is 2.29. The summed E-state index contributed by atoms with van der Waals surface area (Å²) in [7, 11) is 0. The van der Waals surface area contributed by atoms with E-state index >= 15 is 0 Å². The van der Waals surface area contributed by atoms with Gasteiger partial charge in [0, 0.05) is 0 Å². The number of hydrogen-bond donors (Lipinski definition) is 0. The monoisotopic (exact) mass is 242 g/mol. The Balaban J connectivity index is 2.42. The Morgan fingerprint density at radius 3 is 2.22 bits per heavy atom. The zero-order valence-corrected chi connectivity index (χ0v) is 11.3. The molecule has 94 valence electrons. The molecule has 0 fully saturated rings. The van der Waals surface area contributed by atoms with E-state index < -0.39 is 5.41 Å². The van der Waals surface area contributed by atoms with Gasteiger partial charge in [-0.2, -0.15) is 0 Å². The van der Waals surface area contributed by atoms with Crippen molar-refractivity contribution in [2.45, 2.75) is 33.1 Å². The van der Waals surface area contributed by atoms with Crippen molar-refractivity contribution in [3.63, 3.8) is 0 Å². The molecule has 0 saturated carbocycles. The molecule has 1 heterocycles. The summed E-state index contributed by atoms with van der Waals surface area (Å²) >= 11 is 0. The third-order valence-electron chi connectivity index (χ3n) is 3.35. The highest BCUT2D eigenvalue weighted by Gasteiger charge is 2.32. The van der Waals surface area contributed by atoms with Crippen molar-refractivity contribution in [1.82, 2.24) is 0 Å². The fourth-order valence-electron chi connectivity index (χ4n) is 2.18. The van der Waals surface area contributed by atoms with Gasteiger partial charge in [-0.05, 0) is 39.3 Å². The summed E-state index contributed by atoms with van der Waals surface area (Å²) in [5.74, 6) is 1.57. The summed E-state index contributed by atoms with van der Waals surface area (Å²) in [5.41, 5.74) is 1.16. The number of furan rings is 1. The van der Waals surface area contributed by atoms with Crippen LogP contribution in [-0.2, 0) is 5.41 Å². The maximum Gasteiger partial charge on any atom is 0.176 e. The number of carbonyl (C=O) groups is 1. The lowest BCUT2D eigenvalue weighted by atomic mass is 9.78. The number of carbonyl (C=O) groups excluding carboxylic acids is 1. The third-order valence-corrected chi connectivity index (χ3v) is 3.35. The zero-order valence-electron chi connectivity index (χ0n) is 11.3. The van der Waals surface area contributed by atoms with Crippen molar-refractivity contribution in [3.8, 4) is 0 Å². The van der Waals surface area contributed by atoms with Crippen molar-refractivity contribution in [2.75, 3.05) is 0 Å². The first-order chi connectivity index (χ1) is 8.43. The molecule has 0 aliphatic rings. The number of hydrogen-bond acceptors (Lipinski definition) is 2. The van der Waals surface area contributed by atoms with Crippen LogP contribution in [0.5, 0.6) is 0 Å². The van der Waals surface area contributed by atoms with Crippen molar-refractivity contribution < 1.29 is 9.21 Å². The number of ketones is 1. The van der Waals surface area contributed by atoms with Crippen LogP contribution in [-0.4, -0.2) is 5.78 Å². The first kappa shape index (κ1) is 12.6. The van der Waals surface area contributed by atoms with Crippen molar-refractivity contribution in [2.24, 2.45) is 0 Å². The maximum atomic E-state index is 12.6. The second kappa shape index (κ2) is 4.45. The molecule has 0 aliphatic carbocycles. The van der Waals surface area contributed by atoms with Crippen molar-refractivity contribution >= 4 is 5.78 Å². The lowest BCUT2D eigenvalue weighted by Gasteiger charge is -2.23. The largest absolute Gasteiger partial charge is 0.466 e. The van der Waals surface area contributed by atoms with Gasteiger partial charge in [0.25, 0.3) is 0 Å². The van der Waals surface area contributed by atoms with Crippen molar-refractivity contribution in [3.05, 3.63) is 59.0 Å². The van der Waals surface area contributed by atoms with Gasteiger partial charge in [0.2, 0.25) is 0 Å². The predicted molar refractivity (Wildman–Crippen MR) is 72.0 cm³/mol. The lowest BCUT2D eigenvalue weighted by molar-refractivity contribution is 0.0907. The standard InChI is InChI=1S/C16H18O2/c1-11-10-14(12(2)18-11)15(17)16(3,4)13-8-6-5-7-9-13/h5-10H,1-4H3. The molecule has 0 amide bonds. The average molecular weight is 242 g/mol. The van der Waals surface area contributed by atoms with Gasteiger partial charge in [-0.1, -0.05) is 30.3 Å². The summed E-state index contributed by atoms with van der Waals surface area (Å²) in [6.45, 7) is 7.60. The van der Waals surface area contributed by atoms with Gasteiger partial charge >= 0.3 is 0 Å². The van der Waals surface area contributed by atoms with E-state index in [0.717, 1.165) is 11.3 Å². The second-order valence-corrected chi connectivity index (χ2v) is 5.15. The first-order valence-corrected chi connectivity index (χ1v) is 6.10. The van der Waals surface area contributed by atoms with Crippen LogP contribution in [0.2, 0.25) is 0 Å². The lowest BCUT2D eigenvalue weighted by Crippen LogP contribution is -2.29. The molecular weight excluding hydrogens is 224 g/mol. The third kappa shape index (κ3) is 2.10. The molecule has 1 aromatic heterocycles. The first-order valence-electron chi connectivity index (χ1n) is 6.10. The summed E-state index contributed by atoms with van der Waals surface area (Å²) in [4.78, 5) is 12.6. The van der Waals surface area contributed by atoms with E-state index in [1.165, 1.54) is 0 Å². The molecule has 2 rings (SSSR count). The Morgan fingerprint density at radius 1 is 1.11 bits per heavy atom. The van der Waals surface area contributed by atoms with Gasteiger partial charge in [-0.3, -0.25) is 4.79 Å². The minimum absolute atomic E-state index is 0.100. The van der Waals surface area contributed by atoms with Gasteiger partial charge in [0.1, 0.15) is 11.5 Å². The zero-order chi connectivity index (χ0) is 13.3. The molecule has 0 saturated heterocycles. The van der Waals surface area contributed by atoms with E-state index in [9.17, 15) is 4.79 Å². The van der Waals surface area contributed by atoms with E-state index in [2.05, 4.69) is 0 Å². The predicted octanol–water partition coefficient (Wildman–Crippen LogP) is 4.06. The summed E-state index contributed by atoms with van der Waals surface area (Å²) in [6.07, 6.45) is 0. The number of aryl methyl sites for hydroxylation is 2. The Morgan fingerprint density at radius 2 is 1.72 bits per heavy atom. The van der Waals surface area contributed by atoms with E-state index in [4.69, 9.17) is 4.42 Å². The minimum atomic E-state index is -0.539. The average Bonchev–Trinajstić information content (AvgIpc) is 2.68. The summed E-state index contributed by atoms with van der Waals surface area (Å²) in [6, 6.07) is 11.7. The van der Waals surface area contributed by atoms with Crippen LogP contribution in [0.1, 0.15) is 41.3 Å². The Bertz CT molecular complexity index is 562. The highest BCUT2D eigenvalue weighted by molar-refractivity contribution is 6.04.